The van der Waals surface area contributed by atoms with E-state index in [9.17, 15) is 5.11 Å². The van der Waals surface area contributed by atoms with Crippen molar-refractivity contribution >= 4 is 28.9 Å². The summed E-state index contributed by atoms with van der Waals surface area (Å²) in [6, 6.07) is 15.3. The van der Waals surface area contributed by atoms with E-state index in [2.05, 4.69) is 16.6 Å². The number of hydrogen-bond acceptors (Lipinski definition) is 5. The molecule has 2 aromatic rings. The topological polar surface area (TPSA) is 54.3 Å². The lowest BCUT2D eigenvalue weighted by Gasteiger charge is -2.27. The molecule has 0 spiro atoms. The molecular formula is C23H26Cl2N2O3. The van der Waals surface area contributed by atoms with Crippen LogP contribution in [-0.2, 0) is 16.1 Å². The van der Waals surface area contributed by atoms with Gasteiger partial charge in [-0.3, -0.25) is 4.90 Å². The van der Waals surface area contributed by atoms with Gasteiger partial charge in [0.2, 0.25) is 0 Å². The van der Waals surface area contributed by atoms with Gasteiger partial charge in [0.15, 0.2) is 0 Å². The molecule has 0 saturated heterocycles. The fourth-order valence-corrected chi connectivity index (χ4v) is 3.70. The zero-order chi connectivity index (χ0) is 21.3. The van der Waals surface area contributed by atoms with Crippen LogP contribution >= 0.6 is 23.2 Å². The minimum absolute atomic E-state index is 0.101. The van der Waals surface area contributed by atoms with Crippen molar-refractivity contribution in [3.8, 4) is 0 Å². The van der Waals surface area contributed by atoms with E-state index >= 15 is 0 Å². The van der Waals surface area contributed by atoms with Crippen molar-refractivity contribution in [1.29, 1.82) is 0 Å². The van der Waals surface area contributed by atoms with Crippen molar-refractivity contribution in [2.75, 3.05) is 26.3 Å². The third kappa shape index (κ3) is 7.11. The van der Waals surface area contributed by atoms with Gasteiger partial charge in [-0.2, -0.15) is 0 Å². The molecule has 2 atom stereocenters. The highest BCUT2D eigenvalue weighted by Gasteiger charge is 2.26. The normalized spacial score (nSPS) is 16.9. The molecule has 160 valence electrons. The number of rotatable bonds is 11. The summed E-state index contributed by atoms with van der Waals surface area (Å²) < 4.78 is 5.39. The van der Waals surface area contributed by atoms with Gasteiger partial charge < -0.3 is 14.7 Å². The van der Waals surface area contributed by atoms with Crippen LogP contribution in [0.1, 0.15) is 17.5 Å². The molecule has 30 heavy (non-hydrogen) atoms. The molecule has 2 aromatic carbocycles. The maximum absolute atomic E-state index is 10.4. The van der Waals surface area contributed by atoms with Crippen LogP contribution in [0.4, 0.5) is 0 Å². The highest BCUT2D eigenvalue weighted by Crippen LogP contribution is 2.21. The molecule has 7 heteroatoms. The van der Waals surface area contributed by atoms with Crippen molar-refractivity contribution in [2.24, 2.45) is 5.16 Å². The lowest BCUT2D eigenvalue weighted by Crippen LogP contribution is -2.39. The lowest BCUT2D eigenvalue weighted by molar-refractivity contribution is 0.00336. The second-order valence-corrected chi connectivity index (χ2v) is 8.15. The third-order valence-electron chi connectivity index (χ3n) is 4.68. The molecule has 0 fully saturated rings. The van der Waals surface area contributed by atoms with E-state index in [1.54, 1.807) is 6.08 Å². The van der Waals surface area contributed by atoms with Crippen LogP contribution in [0.2, 0.25) is 10.0 Å². The van der Waals surface area contributed by atoms with Gasteiger partial charge in [-0.25, -0.2) is 0 Å². The Morgan fingerprint density at radius 2 is 2.03 bits per heavy atom. The van der Waals surface area contributed by atoms with Crippen LogP contribution in [0.25, 0.3) is 0 Å². The Bertz CT molecular complexity index is 858. The van der Waals surface area contributed by atoms with Gasteiger partial charge in [0, 0.05) is 36.1 Å². The molecule has 5 nitrogen and oxygen atoms in total. The van der Waals surface area contributed by atoms with Crippen LogP contribution in [0, 0.1) is 0 Å². The Labute approximate surface area is 187 Å². The Kier molecular flexibility index (Phi) is 8.73. The fourth-order valence-electron chi connectivity index (χ4n) is 3.36. The number of nitrogens with zero attached hydrogens (tertiary/aromatic N) is 2. The van der Waals surface area contributed by atoms with E-state index in [-0.39, 0.29) is 12.7 Å². The van der Waals surface area contributed by atoms with E-state index in [0.717, 1.165) is 16.8 Å². The van der Waals surface area contributed by atoms with Crippen molar-refractivity contribution < 1.29 is 14.7 Å². The zero-order valence-corrected chi connectivity index (χ0v) is 18.2. The summed E-state index contributed by atoms with van der Waals surface area (Å²) in [6.45, 7) is 5.98. The van der Waals surface area contributed by atoms with E-state index in [0.29, 0.717) is 42.7 Å². The summed E-state index contributed by atoms with van der Waals surface area (Å²) in [6.07, 6.45) is 1.63. The molecule has 0 aliphatic carbocycles. The number of benzene rings is 2. The van der Waals surface area contributed by atoms with Crippen LogP contribution < -0.4 is 0 Å². The van der Waals surface area contributed by atoms with Crippen molar-refractivity contribution in [2.45, 2.75) is 25.2 Å². The highest BCUT2D eigenvalue weighted by atomic mass is 35.5. The van der Waals surface area contributed by atoms with Gasteiger partial charge >= 0.3 is 0 Å². The monoisotopic (exact) mass is 448 g/mol. The SMILES string of the molecule is C=CCOC[C@H](O)CN(Cc1cccc(Cl)c1)C[C@H]1CC(c2ccc(Cl)cc2)=NO1. The summed E-state index contributed by atoms with van der Waals surface area (Å²) in [5.74, 6) is 0. The number of ether oxygens (including phenoxy) is 1. The first kappa shape index (κ1) is 22.8. The predicted molar refractivity (Wildman–Crippen MR) is 121 cm³/mol. The van der Waals surface area contributed by atoms with E-state index in [4.69, 9.17) is 32.8 Å². The summed E-state index contributed by atoms with van der Waals surface area (Å²) >= 11 is 12.1. The molecule has 0 unspecified atom stereocenters. The minimum Gasteiger partial charge on any atom is -0.390 e. The Morgan fingerprint density at radius 3 is 2.77 bits per heavy atom. The zero-order valence-electron chi connectivity index (χ0n) is 16.7. The largest absolute Gasteiger partial charge is 0.390 e. The Hall–Kier alpha value is -1.89. The lowest BCUT2D eigenvalue weighted by atomic mass is 10.0. The van der Waals surface area contributed by atoms with Crippen molar-refractivity contribution in [1.82, 2.24) is 4.90 Å². The number of halogens is 2. The molecule has 1 heterocycles. The molecule has 0 saturated carbocycles. The molecular weight excluding hydrogens is 423 g/mol. The van der Waals surface area contributed by atoms with Gasteiger partial charge in [-0.1, -0.05) is 58.7 Å². The molecule has 1 N–H and O–H groups in total. The van der Waals surface area contributed by atoms with Crippen LogP contribution in [0.5, 0.6) is 0 Å². The fraction of sp³-hybridized carbons (Fsp3) is 0.348. The van der Waals surface area contributed by atoms with Gasteiger partial charge in [-0.05, 0) is 35.4 Å². The molecule has 0 radical (unpaired) electrons. The van der Waals surface area contributed by atoms with Crippen LogP contribution in [0.15, 0.2) is 66.3 Å². The minimum atomic E-state index is -0.623. The van der Waals surface area contributed by atoms with Gasteiger partial charge in [-0.15, -0.1) is 6.58 Å². The second kappa shape index (κ2) is 11.5. The molecule has 0 aromatic heterocycles. The molecule has 0 bridgehead atoms. The Balaban J connectivity index is 1.61. The average molecular weight is 449 g/mol. The molecule has 3 rings (SSSR count). The van der Waals surface area contributed by atoms with Crippen LogP contribution in [0.3, 0.4) is 0 Å². The molecule has 1 aliphatic heterocycles. The van der Waals surface area contributed by atoms with Crippen LogP contribution in [-0.4, -0.2) is 54.2 Å². The quantitative estimate of drug-likeness (QED) is 0.404. The standard InChI is InChI=1S/C23H26Cl2N2O3/c1-2-10-29-16-21(28)14-27(13-17-4-3-5-20(25)11-17)15-22-12-23(26-30-22)18-6-8-19(24)9-7-18/h2-9,11,21-22,28H,1,10,12-16H2/t21-,22-/m1/s1. The smallest absolute Gasteiger partial charge is 0.145 e. The number of aliphatic hydroxyl groups excluding tert-OH is 1. The predicted octanol–water partition coefficient (Wildman–Crippen LogP) is 4.55. The summed E-state index contributed by atoms with van der Waals surface area (Å²) in [7, 11) is 0. The summed E-state index contributed by atoms with van der Waals surface area (Å²) in [5, 5.41) is 16.0. The summed E-state index contributed by atoms with van der Waals surface area (Å²) in [5.41, 5.74) is 2.97. The molecule has 0 amide bonds. The first-order chi connectivity index (χ1) is 14.5. The second-order valence-electron chi connectivity index (χ2n) is 7.28. The van der Waals surface area contributed by atoms with Gasteiger partial charge in [0.05, 0.1) is 25.0 Å². The van der Waals surface area contributed by atoms with E-state index in [1.165, 1.54) is 0 Å². The highest BCUT2D eigenvalue weighted by molar-refractivity contribution is 6.31. The van der Waals surface area contributed by atoms with E-state index < -0.39 is 6.10 Å². The number of oxime groups is 1. The van der Waals surface area contributed by atoms with Crippen molar-refractivity contribution in [3.05, 3.63) is 82.4 Å². The maximum atomic E-state index is 10.4. The first-order valence-corrected chi connectivity index (χ1v) is 10.6. The first-order valence-electron chi connectivity index (χ1n) is 9.85. The van der Waals surface area contributed by atoms with Gasteiger partial charge in [0.25, 0.3) is 0 Å². The number of hydrogen-bond donors (Lipinski definition) is 1. The summed E-state index contributed by atoms with van der Waals surface area (Å²) in [4.78, 5) is 7.82. The Morgan fingerprint density at radius 1 is 1.23 bits per heavy atom. The van der Waals surface area contributed by atoms with Crippen molar-refractivity contribution in [3.63, 3.8) is 0 Å². The van der Waals surface area contributed by atoms with Gasteiger partial charge in [0.1, 0.15) is 6.10 Å². The maximum Gasteiger partial charge on any atom is 0.145 e. The van der Waals surface area contributed by atoms with E-state index in [1.807, 2.05) is 48.5 Å². The average Bonchev–Trinajstić information content (AvgIpc) is 3.17. The number of aliphatic hydroxyl groups is 1. The third-order valence-corrected chi connectivity index (χ3v) is 5.17. The molecule has 1 aliphatic rings.